The van der Waals surface area contributed by atoms with Gasteiger partial charge in [0.15, 0.2) is 11.5 Å². The van der Waals surface area contributed by atoms with E-state index in [1.54, 1.807) is 35.9 Å². The fourth-order valence-electron chi connectivity index (χ4n) is 3.46. The van der Waals surface area contributed by atoms with Crippen LogP contribution in [0.3, 0.4) is 0 Å². The van der Waals surface area contributed by atoms with Gasteiger partial charge in [0, 0.05) is 11.4 Å². The van der Waals surface area contributed by atoms with Crippen LogP contribution < -0.4 is 20.1 Å². The third-order valence-corrected chi connectivity index (χ3v) is 4.79. The molecule has 0 saturated carbocycles. The summed E-state index contributed by atoms with van der Waals surface area (Å²) in [7, 11) is 1.35. The number of methoxy groups -OCH3 is 1. The molecular formula is C21H19F2N5O3. The number of nitrogens with zero attached hydrogens (tertiary/aromatic N) is 3. The number of amides is 1. The quantitative estimate of drug-likeness (QED) is 0.622. The average Bonchev–Trinajstić information content (AvgIpc) is 3.21. The van der Waals surface area contributed by atoms with Crippen molar-refractivity contribution in [3.8, 4) is 11.5 Å². The predicted octanol–water partition coefficient (Wildman–Crippen LogP) is 3.82. The van der Waals surface area contributed by atoms with E-state index in [4.69, 9.17) is 4.74 Å². The molecule has 1 atom stereocenters. The first-order valence-electron chi connectivity index (χ1n) is 9.34. The second-order valence-electron chi connectivity index (χ2n) is 6.70. The molecule has 0 bridgehead atoms. The molecule has 0 saturated heterocycles. The van der Waals surface area contributed by atoms with Crippen LogP contribution in [-0.2, 0) is 4.79 Å². The number of allylic oxidation sites excluding steroid dienone is 1. The highest BCUT2D eigenvalue weighted by atomic mass is 19.3. The summed E-state index contributed by atoms with van der Waals surface area (Å²) >= 11 is 0. The van der Waals surface area contributed by atoms with Crippen molar-refractivity contribution in [3.05, 3.63) is 71.7 Å². The lowest BCUT2D eigenvalue weighted by Gasteiger charge is -2.29. The first kappa shape index (κ1) is 20.3. The van der Waals surface area contributed by atoms with Crippen LogP contribution in [0.15, 0.2) is 66.1 Å². The van der Waals surface area contributed by atoms with E-state index < -0.39 is 12.7 Å². The number of aromatic nitrogens is 3. The zero-order valence-corrected chi connectivity index (χ0v) is 16.7. The summed E-state index contributed by atoms with van der Waals surface area (Å²) in [5.41, 5.74) is 2.20. The number of carbonyl (C=O) groups is 1. The van der Waals surface area contributed by atoms with Crippen LogP contribution in [-0.4, -0.2) is 34.4 Å². The first-order chi connectivity index (χ1) is 15.0. The minimum Gasteiger partial charge on any atom is -0.493 e. The predicted molar refractivity (Wildman–Crippen MR) is 109 cm³/mol. The molecule has 3 aromatic rings. The molecule has 8 nitrogen and oxygen atoms in total. The van der Waals surface area contributed by atoms with Gasteiger partial charge >= 0.3 is 6.61 Å². The highest BCUT2D eigenvalue weighted by Crippen LogP contribution is 2.39. The van der Waals surface area contributed by atoms with Crippen molar-refractivity contribution in [2.24, 2.45) is 0 Å². The van der Waals surface area contributed by atoms with Gasteiger partial charge in [-0.3, -0.25) is 4.79 Å². The first-order valence-corrected chi connectivity index (χ1v) is 9.34. The van der Waals surface area contributed by atoms with E-state index in [2.05, 4.69) is 25.5 Å². The molecule has 1 aromatic heterocycles. The SMILES string of the molecule is COc1cc([C@H]2C(C(=O)Nc3ccccc3)=C(C)Nc3ncnn32)ccc1OC(F)F. The van der Waals surface area contributed by atoms with Crippen LogP contribution in [0.25, 0.3) is 0 Å². The Morgan fingerprint density at radius 2 is 1.97 bits per heavy atom. The molecule has 2 N–H and O–H groups in total. The van der Waals surface area contributed by atoms with E-state index in [0.29, 0.717) is 28.5 Å². The Labute approximate surface area is 176 Å². The molecule has 4 rings (SSSR count). The molecule has 160 valence electrons. The van der Waals surface area contributed by atoms with Gasteiger partial charge in [-0.15, -0.1) is 0 Å². The van der Waals surface area contributed by atoms with Gasteiger partial charge in [-0.25, -0.2) is 4.68 Å². The number of para-hydroxylation sites is 1. The third-order valence-electron chi connectivity index (χ3n) is 4.79. The molecule has 0 spiro atoms. The Kier molecular flexibility index (Phi) is 5.52. The number of halogens is 2. The number of hydrogen-bond donors (Lipinski definition) is 2. The van der Waals surface area contributed by atoms with Gasteiger partial charge in [0.05, 0.1) is 12.7 Å². The molecule has 2 heterocycles. The zero-order chi connectivity index (χ0) is 22.0. The van der Waals surface area contributed by atoms with E-state index in [0.717, 1.165) is 0 Å². The summed E-state index contributed by atoms with van der Waals surface area (Å²) < 4.78 is 36.7. The number of rotatable bonds is 6. The molecule has 31 heavy (non-hydrogen) atoms. The standard InChI is InChI=1S/C21H19F2N5O3/c1-12-17(19(29)27-14-6-4-3-5-7-14)18(28-21(26-12)24-11-25-28)13-8-9-15(31-20(22)23)16(10-13)30-2/h3-11,18,20H,1-2H3,(H,27,29)(H,24,25,26)/t18-/m0/s1. The molecule has 0 aliphatic carbocycles. The van der Waals surface area contributed by atoms with Gasteiger partial charge in [0.1, 0.15) is 12.4 Å². The third kappa shape index (κ3) is 4.04. The van der Waals surface area contributed by atoms with Crippen molar-refractivity contribution >= 4 is 17.5 Å². The summed E-state index contributed by atoms with van der Waals surface area (Å²) in [4.78, 5) is 17.4. The summed E-state index contributed by atoms with van der Waals surface area (Å²) in [5, 5.41) is 10.2. The number of ether oxygens (including phenoxy) is 2. The topological polar surface area (TPSA) is 90.3 Å². The van der Waals surface area contributed by atoms with Gasteiger partial charge in [-0.2, -0.15) is 18.9 Å². The largest absolute Gasteiger partial charge is 0.493 e. The van der Waals surface area contributed by atoms with Crippen molar-refractivity contribution in [2.75, 3.05) is 17.7 Å². The number of carbonyl (C=O) groups excluding carboxylic acids is 1. The van der Waals surface area contributed by atoms with E-state index in [1.165, 1.54) is 19.5 Å². The average molecular weight is 427 g/mol. The second-order valence-corrected chi connectivity index (χ2v) is 6.70. The van der Waals surface area contributed by atoms with Crippen molar-refractivity contribution in [1.29, 1.82) is 0 Å². The Bertz CT molecular complexity index is 1130. The maximum absolute atomic E-state index is 13.2. The molecule has 0 unspecified atom stereocenters. The second kappa shape index (κ2) is 8.42. The van der Waals surface area contributed by atoms with Crippen LogP contribution >= 0.6 is 0 Å². The summed E-state index contributed by atoms with van der Waals surface area (Å²) in [6, 6.07) is 12.9. The molecule has 10 heteroatoms. The van der Waals surface area contributed by atoms with Crippen LogP contribution in [0.1, 0.15) is 18.5 Å². The van der Waals surface area contributed by atoms with E-state index in [1.807, 2.05) is 18.2 Å². The minimum absolute atomic E-state index is 0.106. The number of nitrogens with one attached hydrogen (secondary N) is 2. The molecule has 1 aliphatic rings. The number of alkyl halides is 2. The van der Waals surface area contributed by atoms with Gasteiger partial charge in [0.25, 0.3) is 5.91 Å². The Hall–Kier alpha value is -3.95. The van der Waals surface area contributed by atoms with Gasteiger partial charge in [-0.1, -0.05) is 24.3 Å². The highest BCUT2D eigenvalue weighted by Gasteiger charge is 2.34. The number of hydrogen-bond acceptors (Lipinski definition) is 6. The summed E-state index contributed by atoms with van der Waals surface area (Å²) in [6.07, 6.45) is 1.37. The summed E-state index contributed by atoms with van der Waals surface area (Å²) in [6.45, 7) is -1.23. The molecule has 0 fully saturated rings. The van der Waals surface area contributed by atoms with Gasteiger partial charge in [0.2, 0.25) is 5.95 Å². The maximum Gasteiger partial charge on any atom is 0.387 e. The van der Waals surface area contributed by atoms with E-state index in [9.17, 15) is 13.6 Å². The van der Waals surface area contributed by atoms with E-state index in [-0.39, 0.29) is 17.4 Å². The van der Waals surface area contributed by atoms with Crippen molar-refractivity contribution in [3.63, 3.8) is 0 Å². The number of anilines is 2. The summed E-state index contributed by atoms with van der Waals surface area (Å²) in [5.74, 6) is 0.114. The Morgan fingerprint density at radius 3 is 2.68 bits per heavy atom. The Morgan fingerprint density at radius 1 is 1.19 bits per heavy atom. The fourth-order valence-corrected chi connectivity index (χ4v) is 3.46. The molecule has 0 radical (unpaired) electrons. The lowest BCUT2D eigenvalue weighted by atomic mass is 9.94. The van der Waals surface area contributed by atoms with Gasteiger partial charge in [-0.05, 0) is 36.8 Å². The molecule has 2 aromatic carbocycles. The minimum atomic E-state index is -2.99. The van der Waals surface area contributed by atoms with Crippen LogP contribution in [0.4, 0.5) is 20.4 Å². The number of benzene rings is 2. The van der Waals surface area contributed by atoms with Crippen molar-refractivity contribution in [1.82, 2.24) is 14.8 Å². The number of fused-ring (bicyclic) bond motifs is 1. The van der Waals surface area contributed by atoms with Crippen LogP contribution in [0, 0.1) is 0 Å². The normalized spacial score (nSPS) is 15.3. The molecular weight excluding hydrogens is 408 g/mol. The van der Waals surface area contributed by atoms with Crippen LogP contribution in [0.5, 0.6) is 11.5 Å². The molecule has 1 amide bonds. The van der Waals surface area contributed by atoms with Crippen molar-refractivity contribution in [2.45, 2.75) is 19.6 Å². The lowest BCUT2D eigenvalue weighted by Crippen LogP contribution is -2.31. The smallest absolute Gasteiger partial charge is 0.387 e. The van der Waals surface area contributed by atoms with Gasteiger partial charge < -0.3 is 20.1 Å². The lowest BCUT2D eigenvalue weighted by molar-refractivity contribution is -0.113. The fraction of sp³-hybridized carbons (Fsp3) is 0.190. The maximum atomic E-state index is 13.2. The monoisotopic (exact) mass is 427 g/mol. The van der Waals surface area contributed by atoms with E-state index >= 15 is 0 Å². The molecule has 1 aliphatic heterocycles. The van der Waals surface area contributed by atoms with Crippen molar-refractivity contribution < 1.29 is 23.0 Å². The van der Waals surface area contributed by atoms with Crippen LogP contribution in [0.2, 0.25) is 0 Å². The zero-order valence-electron chi connectivity index (χ0n) is 16.7. The Balaban J connectivity index is 1.77. The highest BCUT2D eigenvalue weighted by molar-refractivity contribution is 6.06.